The fraction of sp³-hybridized carbons (Fsp3) is 0.429. The molecule has 0 radical (unpaired) electrons. The molecule has 1 aromatic heterocycles. The van der Waals surface area contributed by atoms with Crippen molar-refractivity contribution in [2.75, 3.05) is 41.4 Å². The highest BCUT2D eigenvalue weighted by atomic mass is 127. The van der Waals surface area contributed by atoms with E-state index in [0.29, 0.717) is 18.9 Å². The zero-order valence-corrected chi connectivity index (χ0v) is 20.4. The minimum atomic E-state index is -0.135. The number of likely N-dealkylation sites (N-methyl/N-ethyl adjacent to an activating group) is 1. The maximum Gasteiger partial charge on any atom is 0.243 e. The molecule has 1 atom stereocenters. The van der Waals surface area contributed by atoms with Gasteiger partial charge in [0.2, 0.25) is 5.91 Å². The molecule has 8 nitrogen and oxygen atoms in total. The van der Waals surface area contributed by atoms with E-state index in [1.165, 1.54) is 4.90 Å². The Labute approximate surface area is 195 Å². The summed E-state index contributed by atoms with van der Waals surface area (Å²) in [5, 5.41) is 6.59. The summed E-state index contributed by atoms with van der Waals surface area (Å²) >= 11 is 0. The number of halogens is 1. The van der Waals surface area contributed by atoms with Gasteiger partial charge in [0, 0.05) is 32.6 Å². The summed E-state index contributed by atoms with van der Waals surface area (Å²) in [7, 11) is 6.67. The van der Waals surface area contributed by atoms with Crippen molar-refractivity contribution in [1.29, 1.82) is 0 Å². The lowest BCUT2D eigenvalue weighted by atomic mass is 10.1. The van der Waals surface area contributed by atoms with Crippen LogP contribution in [0.4, 0.5) is 0 Å². The van der Waals surface area contributed by atoms with Gasteiger partial charge < -0.3 is 29.4 Å². The molecule has 1 unspecified atom stereocenters. The van der Waals surface area contributed by atoms with Crippen molar-refractivity contribution in [3.63, 3.8) is 0 Å². The van der Waals surface area contributed by atoms with E-state index >= 15 is 0 Å². The SMILES string of the molecule is COc1ccc(OC)c(C(C)NC(=NCC(=O)N(C)C)NCCc2ccco2)c1.I. The number of rotatable bonds is 9. The smallest absolute Gasteiger partial charge is 0.243 e. The van der Waals surface area contributed by atoms with E-state index < -0.39 is 0 Å². The van der Waals surface area contributed by atoms with Crippen molar-refractivity contribution in [3.8, 4) is 11.5 Å². The second-order valence-corrected chi connectivity index (χ2v) is 6.68. The molecule has 0 aliphatic rings. The molecule has 2 N–H and O–H groups in total. The lowest BCUT2D eigenvalue weighted by Crippen LogP contribution is -2.40. The van der Waals surface area contributed by atoms with Gasteiger partial charge in [-0.1, -0.05) is 0 Å². The molecular formula is C21H31IN4O4. The Hall–Kier alpha value is -2.43. The van der Waals surface area contributed by atoms with Gasteiger partial charge in [-0.05, 0) is 37.3 Å². The number of guanidine groups is 1. The molecule has 0 spiro atoms. The van der Waals surface area contributed by atoms with Gasteiger partial charge in [0.25, 0.3) is 0 Å². The standard InChI is InChI=1S/C21H30N4O4.HI/c1-15(18-13-17(27-4)8-9-19(18)28-5)24-21(23-14-20(26)25(2)3)22-11-10-16-7-6-12-29-16;/h6-9,12-13,15H,10-11,14H2,1-5H3,(H2,22,23,24);1H. The van der Waals surface area contributed by atoms with E-state index in [4.69, 9.17) is 13.9 Å². The van der Waals surface area contributed by atoms with Crippen LogP contribution in [0.5, 0.6) is 11.5 Å². The first kappa shape index (κ1) is 25.6. The van der Waals surface area contributed by atoms with Crippen molar-refractivity contribution in [1.82, 2.24) is 15.5 Å². The first-order valence-corrected chi connectivity index (χ1v) is 9.44. The largest absolute Gasteiger partial charge is 0.497 e. The van der Waals surface area contributed by atoms with Gasteiger partial charge in [0.1, 0.15) is 23.8 Å². The Balaban J connectivity index is 0.00000450. The lowest BCUT2D eigenvalue weighted by Gasteiger charge is -2.21. The van der Waals surface area contributed by atoms with Gasteiger partial charge >= 0.3 is 0 Å². The summed E-state index contributed by atoms with van der Waals surface area (Å²) in [6.07, 6.45) is 2.35. The van der Waals surface area contributed by atoms with Crippen LogP contribution in [0.25, 0.3) is 0 Å². The molecule has 0 saturated heterocycles. The third kappa shape index (κ3) is 7.77. The number of carbonyl (C=O) groups excluding carboxylic acids is 1. The summed E-state index contributed by atoms with van der Waals surface area (Å²) in [5.74, 6) is 2.81. The predicted octanol–water partition coefficient (Wildman–Crippen LogP) is 2.84. The van der Waals surface area contributed by atoms with Crippen LogP contribution in [0.3, 0.4) is 0 Å². The average Bonchev–Trinajstić information content (AvgIpc) is 3.24. The first-order valence-electron chi connectivity index (χ1n) is 9.44. The van der Waals surface area contributed by atoms with Crippen molar-refractivity contribution in [3.05, 3.63) is 47.9 Å². The van der Waals surface area contributed by atoms with Crippen LogP contribution in [-0.4, -0.2) is 58.2 Å². The number of hydrogen-bond acceptors (Lipinski definition) is 5. The number of hydrogen-bond donors (Lipinski definition) is 2. The number of ether oxygens (including phenoxy) is 2. The summed E-state index contributed by atoms with van der Waals surface area (Å²) < 4.78 is 16.2. The molecule has 0 saturated carbocycles. The molecule has 9 heteroatoms. The average molecular weight is 530 g/mol. The quantitative estimate of drug-likeness (QED) is 0.295. The fourth-order valence-corrected chi connectivity index (χ4v) is 2.66. The summed E-state index contributed by atoms with van der Waals surface area (Å²) in [5.41, 5.74) is 0.923. The number of nitrogens with zero attached hydrogens (tertiary/aromatic N) is 2. The molecule has 1 heterocycles. The Morgan fingerprint density at radius 2 is 2.00 bits per heavy atom. The van der Waals surface area contributed by atoms with Crippen LogP contribution in [0.1, 0.15) is 24.3 Å². The van der Waals surface area contributed by atoms with Crippen LogP contribution in [0.15, 0.2) is 46.0 Å². The molecule has 2 rings (SSSR count). The van der Waals surface area contributed by atoms with E-state index in [2.05, 4.69) is 15.6 Å². The summed E-state index contributed by atoms with van der Waals surface area (Å²) in [6, 6.07) is 9.28. The van der Waals surface area contributed by atoms with E-state index in [1.54, 1.807) is 34.6 Å². The van der Waals surface area contributed by atoms with Crippen LogP contribution in [-0.2, 0) is 11.2 Å². The second kappa shape index (κ2) is 13.0. The molecule has 0 aliphatic heterocycles. The normalized spacial score (nSPS) is 11.8. The Morgan fingerprint density at radius 1 is 1.23 bits per heavy atom. The third-order valence-corrected chi connectivity index (χ3v) is 4.37. The van der Waals surface area contributed by atoms with Crippen LogP contribution in [0.2, 0.25) is 0 Å². The van der Waals surface area contributed by atoms with Crippen LogP contribution >= 0.6 is 24.0 Å². The number of nitrogens with one attached hydrogen (secondary N) is 2. The zero-order chi connectivity index (χ0) is 21.2. The topological polar surface area (TPSA) is 88.3 Å². The fourth-order valence-electron chi connectivity index (χ4n) is 2.66. The molecule has 0 fully saturated rings. The highest BCUT2D eigenvalue weighted by molar-refractivity contribution is 14.0. The van der Waals surface area contributed by atoms with Gasteiger partial charge in [0.15, 0.2) is 5.96 Å². The van der Waals surface area contributed by atoms with Gasteiger partial charge in [-0.3, -0.25) is 4.79 Å². The molecule has 0 bridgehead atoms. The number of methoxy groups -OCH3 is 2. The highest BCUT2D eigenvalue weighted by Crippen LogP contribution is 2.29. The Bertz CT molecular complexity index is 809. The summed E-state index contributed by atoms with van der Waals surface area (Å²) in [6.45, 7) is 2.65. The maximum atomic E-state index is 12.0. The number of amides is 1. The van der Waals surface area contributed by atoms with Crippen molar-refractivity contribution >= 4 is 35.8 Å². The van der Waals surface area contributed by atoms with E-state index in [1.807, 2.05) is 37.3 Å². The van der Waals surface area contributed by atoms with E-state index in [-0.39, 0.29) is 42.5 Å². The van der Waals surface area contributed by atoms with Gasteiger partial charge in [-0.2, -0.15) is 0 Å². The van der Waals surface area contributed by atoms with Crippen molar-refractivity contribution in [2.45, 2.75) is 19.4 Å². The van der Waals surface area contributed by atoms with E-state index in [0.717, 1.165) is 22.8 Å². The van der Waals surface area contributed by atoms with Gasteiger partial charge in [-0.25, -0.2) is 4.99 Å². The molecule has 30 heavy (non-hydrogen) atoms. The summed E-state index contributed by atoms with van der Waals surface area (Å²) in [4.78, 5) is 17.9. The Morgan fingerprint density at radius 3 is 2.60 bits per heavy atom. The number of benzene rings is 1. The highest BCUT2D eigenvalue weighted by Gasteiger charge is 2.15. The minimum Gasteiger partial charge on any atom is -0.497 e. The van der Waals surface area contributed by atoms with E-state index in [9.17, 15) is 4.79 Å². The second-order valence-electron chi connectivity index (χ2n) is 6.68. The molecule has 2 aromatic rings. The zero-order valence-electron chi connectivity index (χ0n) is 18.1. The minimum absolute atomic E-state index is 0. The Kier molecular flexibility index (Phi) is 11.1. The number of carbonyl (C=O) groups is 1. The molecular weight excluding hydrogens is 499 g/mol. The monoisotopic (exact) mass is 530 g/mol. The van der Waals surface area contributed by atoms with Gasteiger partial charge in [-0.15, -0.1) is 24.0 Å². The van der Waals surface area contributed by atoms with Crippen molar-refractivity contribution < 1.29 is 18.7 Å². The van der Waals surface area contributed by atoms with Crippen molar-refractivity contribution in [2.24, 2.45) is 4.99 Å². The number of aliphatic imine (C=N–C) groups is 1. The van der Waals surface area contributed by atoms with Gasteiger partial charge in [0.05, 0.1) is 26.5 Å². The lowest BCUT2D eigenvalue weighted by molar-refractivity contribution is -0.127. The molecule has 0 aliphatic carbocycles. The van der Waals surface area contributed by atoms with Crippen LogP contribution in [0, 0.1) is 0 Å². The third-order valence-electron chi connectivity index (χ3n) is 4.37. The predicted molar refractivity (Wildman–Crippen MR) is 128 cm³/mol. The molecule has 166 valence electrons. The maximum absolute atomic E-state index is 12.0. The van der Waals surface area contributed by atoms with Crippen LogP contribution < -0.4 is 20.1 Å². The molecule has 1 amide bonds. The molecule has 1 aromatic carbocycles. The first-order chi connectivity index (χ1) is 13.9. The number of furan rings is 1.